The highest BCUT2D eigenvalue weighted by atomic mass is 127. The van der Waals surface area contributed by atoms with Crippen LogP contribution in [0.25, 0.3) is 0 Å². The molecule has 1 rings (SSSR count). The first kappa shape index (κ1) is 12.7. The van der Waals surface area contributed by atoms with Gasteiger partial charge < -0.3 is 9.47 Å². The first-order chi connectivity index (χ1) is 6.88. The maximum atomic E-state index is 5.37. The lowest BCUT2D eigenvalue weighted by atomic mass is 10.1. The summed E-state index contributed by atoms with van der Waals surface area (Å²) >= 11 is 4.40. The molecule has 0 saturated carbocycles. The smallest absolute Gasteiger partial charge is 0.0983 e. The van der Waals surface area contributed by atoms with E-state index in [9.17, 15) is 0 Å². The van der Waals surface area contributed by atoms with Crippen molar-refractivity contribution in [3.8, 4) is 0 Å². The van der Waals surface area contributed by atoms with Gasteiger partial charge in [0, 0.05) is 0 Å². The molecule has 0 amide bonds. The molecule has 0 saturated heterocycles. The Labute approximate surface area is 112 Å². The number of hydrogen-bond acceptors (Lipinski definition) is 2. The van der Waals surface area contributed by atoms with Gasteiger partial charge in [0.1, 0.15) is 0 Å². The third kappa shape index (κ3) is 4.41. The fourth-order valence-corrected chi connectivity index (χ4v) is 1.58. The van der Waals surface area contributed by atoms with Crippen molar-refractivity contribution in [3.05, 3.63) is 35.4 Å². The third-order valence-corrected chi connectivity index (χ3v) is 2.67. The minimum atomic E-state index is 0.670. The number of halogens is 2. The van der Waals surface area contributed by atoms with Crippen molar-refractivity contribution in [1.29, 1.82) is 0 Å². The van der Waals surface area contributed by atoms with Crippen molar-refractivity contribution in [2.24, 2.45) is 0 Å². The number of alkyl halides is 2. The van der Waals surface area contributed by atoms with Crippen LogP contribution in [0, 0.1) is 0 Å². The fraction of sp³-hybridized carbons (Fsp3) is 0.400. The summed E-state index contributed by atoms with van der Waals surface area (Å²) in [7, 11) is 0. The summed E-state index contributed by atoms with van der Waals surface area (Å²) in [6, 6.07) is 8.22. The second-order valence-corrected chi connectivity index (χ2v) is 3.93. The Morgan fingerprint density at radius 1 is 0.857 bits per heavy atom. The van der Waals surface area contributed by atoms with Gasteiger partial charge in [-0.1, -0.05) is 69.4 Å². The van der Waals surface area contributed by atoms with Crippen LogP contribution in [0.5, 0.6) is 0 Å². The first-order valence-electron chi connectivity index (χ1n) is 4.22. The van der Waals surface area contributed by atoms with Crippen LogP contribution in [0.4, 0.5) is 0 Å². The molecule has 14 heavy (non-hydrogen) atoms. The standard InChI is InChI=1S/C10H12I2O2/c11-7-13-5-9-3-1-2-4-10(9)6-14-8-12/h1-4H,5-8H2. The van der Waals surface area contributed by atoms with Crippen molar-refractivity contribution >= 4 is 45.2 Å². The molecule has 0 heterocycles. The van der Waals surface area contributed by atoms with E-state index in [0.29, 0.717) is 13.2 Å². The lowest BCUT2D eigenvalue weighted by Crippen LogP contribution is -1.98. The lowest BCUT2D eigenvalue weighted by molar-refractivity contribution is 0.161. The van der Waals surface area contributed by atoms with E-state index >= 15 is 0 Å². The van der Waals surface area contributed by atoms with Crippen LogP contribution >= 0.6 is 45.2 Å². The van der Waals surface area contributed by atoms with E-state index < -0.39 is 0 Å². The van der Waals surface area contributed by atoms with Gasteiger partial charge in [0.05, 0.1) is 22.4 Å². The van der Waals surface area contributed by atoms with Crippen LogP contribution in [0.15, 0.2) is 24.3 Å². The van der Waals surface area contributed by atoms with Gasteiger partial charge in [0.15, 0.2) is 0 Å². The fourth-order valence-electron chi connectivity index (χ4n) is 1.14. The molecule has 0 aliphatic rings. The predicted molar refractivity (Wildman–Crippen MR) is 73.8 cm³/mol. The molecule has 0 unspecified atom stereocenters. The molecule has 0 bridgehead atoms. The van der Waals surface area contributed by atoms with E-state index in [1.54, 1.807) is 0 Å². The van der Waals surface area contributed by atoms with Gasteiger partial charge in [-0.2, -0.15) is 0 Å². The van der Waals surface area contributed by atoms with Crippen molar-refractivity contribution in [3.63, 3.8) is 0 Å². The summed E-state index contributed by atoms with van der Waals surface area (Å²) in [5.41, 5.74) is 2.43. The summed E-state index contributed by atoms with van der Waals surface area (Å²) in [5, 5.41) is 0. The predicted octanol–water partition coefficient (Wildman–Crippen LogP) is 3.50. The van der Waals surface area contributed by atoms with Gasteiger partial charge in [-0.3, -0.25) is 0 Å². The Bertz CT molecular complexity index is 239. The Balaban J connectivity index is 2.60. The van der Waals surface area contributed by atoms with Crippen molar-refractivity contribution in [2.45, 2.75) is 13.2 Å². The Hall–Kier alpha value is 0.600. The second kappa shape index (κ2) is 7.84. The monoisotopic (exact) mass is 418 g/mol. The van der Waals surface area contributed by atoms with Gasteiger partial charge in [-0.05, 0) is 11.1 Å². The quantitative estimate of drug-likeness (QED) is 0.521. The van der Waals surface area contributed by atoms with Crippen LogP contribution in [0.2, 0.25) is 0 Å². The second-order valence-electron chi connectivity index (χ2n) is 2.68. The molecule has 2 nitrogen and oxygen atoms in total. The average molecular weight is 418 g/mol. The molecule has 0 N–H and O–H groups in total. The SMILES string of the molecule is ICOCc1ccccc1COCI. The van der Waals surface area contributed by atoms with Gasteiger partial charge in [0.2, 0.25) is 0 Å². The zero-order valence-corrected chi connectivity index (χ0v) is 12.0. The molecule has 0 aliphatic heterocycles. The molecular weight excluding hydrogens is 406 g/mol. The van der Waals surface area contributed by atoms with E-state index in [1.807, 2.05) is 12.1 Å². The Morgan fingerprint density at radius 2 is 1.29 bits per heavy atom. The molecule has 0 spiro atoms. The van der Waals surface area contributed by atoms with Crippen LogP contribution < -0.4 is 0 Å². The highest BCUT2D eigenvalue weighted by Crippen LogP contribution is 2.12. The minimum absolute atomic E-state index is 0.670. The van der Waals surface area contributed by atoms with Crippen LogP contribution in [-0.4, -0.2) is 9.23 Å². The summed E-state index contributed by atoms with van der Waals surface area (Å²) in [5.74, 6) is 0. The number of rotatable bonds is 6. The maximum absolute atomic E-state index is 5.37. The summed E-state index contributed by atoms with van der Waals surface area (Å²) < 4.78 is 12.2. The van der Waals surface area contributed by atoms with Crippen molar-refractivity contribution < 1.29 is 9.47 Å². The van der Waals surface area contributed by atoms with E-state index in [0.717, 1.165) is 9.23 Å². The topological polar surface area (TPSA) is 18.5 Å². The van der Waals surface area contributed by atoms with E-state index in [4.69, 9.17) is 9.47 Å². The van der Waals surface area contributed by atoms with Crippen molar-refractivity contribution in [2.75, 3.05) is 9.23 Å². The highest BCUT2D eigenvalue weighted by Gasteiger charge is 2.00. The molecule has 1 aromatic carbocycles. The molecule has 0 aromatic heterocycles. The molecule has 0 atom stereocenters. The summed E-state index contributed by atoms with van der Waals surface area (Å²) in [6.07, 6.45) is 0. The summed E-state index contributed by atoms with van der Waals surface area (Å²) in [6.45, 7) is 1.34. The molecule has 0 fully saturated rings. The molecule has 4 heteroatoms. The van der Waals surface area contributed by atoms with Gasteiger partial charge in [-0.25, -0.2) is 0 Å². The largest absolute Gasteiger partial charge is 0.366 e. The van der Waals surface area contributed by atoms with Crippen molar-refractivity contribution in [1.82, 2.24) is 0 Å². The molecule has 0 aliphatic carbocycles. The molecule has 0 radical (unpaired) electrons. The zero-order valence-electron chi connectivity index (χ0n) is 7.71. The van der Waals surface area contributed by atoms with E-state index in [2.05, 4.69) is 57.3 Å². The Morgan fingerprint density at radius 3 is 1.64 bits per heavy atom. The molecule has 78 valence electrons. The lowest BCUT2D eigenvalue weighted by Gasteiger charge is -2.08. The zero-order chi connectivity index (χ0) is 10.2. The van der Waals surface area contributed by atoms with Gasteiger partial charge >= 0.3 is 0 Å². The minimum Gasteiger partial charge on any atom is -0.366 e. The normalized spacial score (nSPS) is 10.4. The van der Waals surface area contributed by atoms with Gasteiger partial charge in [-0.15, -0.1) is 0 Å². The van der Waals surface area contributed by atoms with Crippen LogP contribution in [0.1, 0.15) is 11.1 Å². The van der Waals surface area contributed by atoms with Gasteiger partial charge in [0.25, 0.3) is 0 Å². The van der Waals surface area contributed by atoms with E-state index in [-0.39, 0.29) is 0 Å². The average Bonchev–Trinajstić information content (AvgIpc) is 2.24. The highest BCUT2D eigenvalue weighted by molar-refractivity contribution is 14.1. The van der Waals surface area contributed by atoms with Crippen LogP contribution in [0.3, 0.4) is 0 Å². The molecular formula is C10H12I2O2. The maximum Gasteiger partial charge on any atom is 0.0983 e. The van der Waals surface area contributed by atoms with Crippen LogP contribution in [-0.2, 0) is 22.7 Å². The third-order valence-electron chi connectivity index (χ3n) is 1.79. The molecule has 1 aromatic rings. The number of hydrogen-bond donors (Lipinski definition) is 0. The summed E-state index contributed by atoms with van der Waals surface area (Å²) in [4.78, 5) is 0. The Kier molecular flexibility index (Phi) is 7.09. The van der Waals surface area contributed by atoms with E-state index in [1.165, 1.54) is 11.1 Å². The number of ether oxygens (including phenoxy) is 2. The number of benzene rings is 1. The first-order valence-corrected chi connectivity index (χ1v) is 7.27.